The van der Waals surface area contributed by atoms with Crippen LogP contribution >= 0.6 is 0 Å². The number of nitriles is 1. The molecule has 0 fully saturated rings. The first-order chi connectivity index (χ1) is 13.8. The molecule has 0 bridgehead atoms. The number of nitrogens with one attached hydrogen (secondary N) is 2. The van der Waals surface area contributed by atoms with Crippen LogP contribution in [0.3, 0.4) is 0 Å². The summed E-state index contributed by atoms with van der Waals surface area (Å²) in [6.07, 6.45) is 10.3. The van der Waals surface area contributed by atoms with Crippen molar-refractivity contribution in [3.63, 3.8) is 0 Å². The molecule has 0 radical (unpaired) electrons. The van der Waals surface area contributed by atoms with Crippen LogP contribution in [0.5, 0.6) is 0 Å². The zero-order chi connectivity index (χ0) is 19.3. The number of nitrogens with zero attached hydrogens (tertiary/aromatic N) is 2. The van der Waals surface area contributed by atoms with Crippen molar-refractivity contribution in [3.05, 3.63) is 95.5 Å². The summed E-state index contributed by atoms with van der Waals surface area (Å²) in [5, 5.41) is 14.2. The molecule has 4 nitrogen and oxygen atoms in total. The average Bonchev–Trinajstić information content (AvgIpc) is 3.21. The summed E-state index contributed by atoms with van der Waals surface area (Å²) in [6, 6.07) is 18.7. The highest BCUT2D eigenvalue weighted by Gasteiger charge is 2.11. The van der Waals surface area contributed by atoms with Crippen molar-refractivity contribution in [2.24, 2.45) is 0 Å². The fraction of sp³-hybridized carbons (Fsp3) is 0.0833. The third-order valence-corrected chi connectivity index (χ3v) is 4.85. The Bertz CT molecular complexity index is 1180. The molecule has 136 valence electrons. The van der Waals surface area contributed by atoms with Crippen molar-refractivity contribution in [1.82, 2.24) is 9.97 Å². The van der Waals surface area contributed by atoms with Gasteiger partial charge in [-0.25, -0.2) is 0 Å². The first-order valence-electron chi connectivity index (χ1n) is 9.18. The quantitative estimate of drug-likeness (QED) is 0.474. The molecule has 4 heteroatoms. The Kier molecular flexibility index (Phi) is 4.90. The van der Waals surface area contributed by atoms with E-state index in [1.165, 1.54) is 10.9 Å². The van der Waals surface area contributed by atoms with Crippen molar-refractivity contribution >= 4 is 28.4 Å². The van der Waals surface area contributed by atoms with Crippen LogP contribution in [-0.4, -0.2) is 9.97 Å². The molecule has 2 heterocycles. The molecule has 4 rings (SSSR count). The Hall–Kier alpha value is -3.84. The minimum absolute atomic E-state index is 0.524. The van der Waals surface area contributed by atoms with Gasteiger partial charge in [-0.3, -0.25) is 4.98 Å². The predicted molar refractivity (Wildman–Crippen MR) is 114 cm³/mol. The minimum atomic E-state index is 0.524. The molecular weight excluding hydrogens is 344 g/mol. The second-order valence-corrected chi connectivity index (χ2v) is 6.66. The number of hydrogen-bond acceptors (Lipinski definition) is 3. The molecular formula is C24H20N4. The summed E-state index contributed by atoms with van der Waals surface area (Å²) in [6.45, 7) is 2.08. The Morgan fingerprint density at radius 1 is 1.11 bits per heavy atom. The van der Waals surface area contributed by atoms with Gasteiger partial charge in [0.05, 0.1) is 11.3 Å². The highest BCUT2D eigenvalue weighted by atomic mass is 14.9. The van der Waals surface area contributed by atoms with Crippen molar-refractivity contribution in [2.75, 3.05) is 5.32 Å². The average molecular weight is 364 g/mol. The highest BCUT2D eigenvalue weighted by Crippen LogP contribution is 2.30. The zero-order valence-corrected chi connectivity index (χ0v) is 15.6. The summed E-state index contributed by atoms with van der Waals surface area (Å²) in [4.78, 5) is 7.46. The van der Waals surface area contributed by atoms with Crippen molar-refractivity contribution in [1.29, 1.82) is 5.26 Å². The second kappa shape index (κ2) is 7.81. The number of aromatic amines is 1. The maximum absolute atomic E-state index is 9.57. The van der Waals surface area contributed by atoms with Gasteiger partial charge in [0, 0.05) is 40.7 Å². The van der Waals surface area contributed by atoms with Crippen LogP contribution in [0.1, 0.15) is 22.3 Å². The van der Waals surface area contributed by atoms with E-state index in [1.807, 2.05) is 42.6 Å². The maximum Gasteiger partial charge on any atom is 0.103 e. The van der Waals surface area contributed by atoms with Gasteiger partial charge >= 0.3 is 0 Å². The molecule has 4 aromatic rings. The van der Waals surface area contributed by atoms with E-state index in [0.717, 1.165) is 34.4 Å². The fourth-order valence-electron chi connectivity index (χ4n) is 3.32. The van der Waals surface area contributed by atoms with E-state index < -0.39 is 0 Å². The Morgan fingerprint density at radius 2 is 1.96 bits per heavy atom. The van der Waals surface area contributed by atoms with E-state index in [1.54, 1.807) is 12.4 Å². The number of H-pyrrole nitrogens is 1. The monoisotopic (exact) mass is 364 g/mol. The van der Waals surface area contributed by atoms with Crippen LogP contribution < -0.4 is 5.32 Å². The summed E-state index contributed by atoms with van der Waals surface area (Å²) in [5.74, 6) is 0. The van der Waals surface area contributed by atoms with Gasteiger partial charge in [-0.1, -0.05) is 42.5 Å². The topological polar surface area (TPSA) is 64.5 Å². The van der Waals surface area contributed by atoms with E-state index in [4.69, 9.17) is 0 Å². The molecule has 2 aromatic carbocycles. The van der Waals surface area contributed by atoms with E-state index in [-0.39, 0.29) is 0 Å². The van der Waals surface area contributed by atoms with Gasteiger partial charge in [-0.05, 0) is 42.7 Å². The molecule has 28 heavy (non-hydrogen) atoms. The van der Waals surface area contributed by atoms with Crippen LogP contribution in [0.4, 0.5) is 11.4 Å². The molecule has 0 aliphatic carbocycles. The maximum atomic E-state index is 9.57. The van der Waals surface area contributed by atoms with Crippen LogP contribution in [0.25, 0.3) is 17.0 Å². The number of aryl methyl sites for hydroxylation is 1. The lowest BCUT2D eigenvalue weighted by atomic mass is 10.1. The van der Waals surface area contributed by atoms with Gasteiger partial charge in [0.15, 0.2) is 0 Å². The molecule has 0 amide bonds. The van der Waals surface area contributed by atoms with Gasteiger partial charge < -0.3 is 10.3 Å². The number of pyridine rings is 1. The Balaban J connectivity index is 1.67. The van der Waals surface area contributed by atoms with E-state index in [2.05, 4.69) is 52.6 Å². The standard InChI is InChI=1S/C24H20N4/c1-17-21-12-13-27-23(21)11-10-22(17)28-24-19(15-26-16-20(24)14-25)9-5-8-18-6-3-2-4-7-18/h2-7,9-13,15-16,27H,8H2,1H3,(H,26,28). The lowest BCUT2D eigenvalue weighted by Crippen LogP contribution is -1.99. The number of anilines is 2. The molecule has 0 unspecified atom stereocenters. The van der Waals surface area contributed by atoms with Crippen molar-refractivity contribution < 1.29 is 0 Å². The van der Waals surface area contributed by atoms with Crippen LogP contribution in [0.2, 0.25) is 0 Å². The number of aromatic nitrogens is 2. The number of rotatable bonds is 5. The van der Waals surface area contributed by atoms with E-state index in [0.29, 0.717) is 5.56 Å². The SMILES string of the molecule is Cc1c(Nc2c(C#N)cncc2C=CCc2ccccc2)ccc2[nH]ccc12. The van der Waals surface area contributed by atoms with Crippen LogP contribution in [0, 0.1) is 18.3 Å². The smallest absolute Gasteiger partial charge is 0.103 e. The minimum Gasteiger partial charge on any atom is -0.361 e. The second-order valence-electron chi connectivity index (χ2n) is 6.66. The zero-order valence-electron chi connectivity index (χ0n) is 15.6. The molecule has 2 aromatic heterocycles. The molecule has 2 N–H and O–H groups in total. The molecule has 0 aliphatic rings. The molecule has 0 aliphatic heterocycles. The molecule has 0 spiro atoms. The third-order valence-electron chi connectivity index (χ3n) is 4.85. The summed E-state index contributed by atoms with van der Waals surface area (Å²) < 4.78 is 0. The summed E-state index contributed by atoms with van der Waals surface area (Å²) >= 11 is 0. The Labute approximate surface area is 164 Å². The first-order valence-corrected chi connectivity index (χ1v) is 9.18. The number of hydrogen-bond donors (Lipinski definition) is 2. The summed E-state index contributed by atoms with van der Waals surface area (Å²) in [7, 11) is 0. The van der Waals surface area contributed by atoms with Crippen LogP contribution in [-0.2, 0) is 6.42 Å². The van der Waals surface area contributed by atoms with Crippen molar-refractivity contribution in [2.45, 2.75) is 13.3 Å². The predicted octanol–water partition coefficient (Wildman–Crippen LogP) is 5.74. The molecule has 0 saturated carbocycles. The van der Waals surface area contributed by atoms with Gasteiger partial charge in [0.2, 0.25) is 0 Å². The number of allylic oxidation sites excluding steroid dienone is 1. The number of benzene rings is 2. The van der Waals surface area contributed by atoms with Gasteiger partial charge in [-0.15, -0.1) is 0 Å². The third kappa shape index (κ3) is 3.51. The lowest BCUT2D eigenvalue weighted by Gasteiger charge is -2.14. The van der Waals surface area contributed by atoms with Gasteiger partial charge in [0.25, 0.3) is 0 Å². The van der Waals surface area contributed by atoms with E-state index >= 15 is 0 Å². The fourth-order valence-corrected chi connectivity index (χ4v) is 3.32. The molecule has 0 saturated heterocycles. The van der Waals surface area contributed by atoms with Crippen molar-refractivity contribution in [3.8, 4) is 6.07 Å². The first kappa shape index (κ1) is 17.6. The number of fused-ring (bicyclic) bond motifs is 1. The Morgan fingerprint density at radius 3 is 2.79 bits per heavy atom. The highest BCUT2D eigenvalue weighted by molar-refractivity contribution is 5.89. The normalized spacial score (nSPS) is 11.0. The largest absolute Gasteiger partial charge is 0.361 e. The van der Waals surface area contributed by atoms with Gasteiger partial charge in [-0.2, -0.15) is 5.26 Å². The molecule has 0 atom stereocenters. The van der Waals surface area contributed by atoms with Gasteiger partial charge in [0.1, 0.15) is 6.07 Å². The summed E-state index contributed by atoms with van der Waals surface area (Å²) in [5.41, 5.74) is 6.65. The van der Waals surface area contributed by atoms with Crippen LogP contribution in [0.15, 0.2) is 73.2 Å². The lowest BCUT2D eigenvalue weighted by molar-refractivity contribution is 1.26. The van der Waals surface area contributed by atoms with E-state index in [9.17, 15) is 5.26 Å².